The van der Waals surface area contributed by atoms with Gasteiger partial charge in [0, 0.05) is 49.5 Å². The van der Waals surface area contributed by atoms with Crippen molar-refractivity contribution in [1.82, 2.24) is 15.0 Å². The summed E-state index contributed by atoms with van der Waals surface area (Å²) in [4.78, 5) is 17.0. The van der Waals surface area contributed by atoms with E-state index in [4.69, 9.17) is 10.3 Å². The molecule has 1 saturated heterocycles. The third-order valence-corrected chi connectivity index (χ3v) is 4.71. The standard InChI is InChI=1S/C18H24N4O2/c1-12-4-5-15(19)10-16(12)18(23)22-8-6-21(7-9-22)11-17-13(2)20-24-14(17)3/h4-5,10H,6-9,11,19H2,1-3H3. The van der Waals surface area contributed by atoms with Crippen LogP contribution in [0.2, 0.25) is 0 Å². The fraction of sp³-hybridized carbons (Fsp3) is 0.444. The zero-order valence-corrected chi connectivity index (χ0v) is 14.5. The molecule has 2 heterocycles. The second-order valence-electron chi connectivity index (χ2n) is 6.45. The Balaban J connectivity index is 1.62. The largest absolute Gasteiger partial charge is 0.399 e. The van der Waals surface area contributed by atoms with E-state index in [0.717, 1.165) is 55.3 Å². The molecule has 2 N–H and O–H groups in total. The summed E-state index contributed by atoms with van der Waals surface area (Å²) < 4.78 is 5.23. The highest BCUT2D eigenvalue weighted by atomic mass is 16.5. The van der Waals surface area contributed by atoms with E-state index >= 15 is 0 Å². The van der Waals surface area contributed by atoms with Crippen LogP contribution < -0.4 is 5.73 Å². The van der Waals surface area contributed by atoms with Crippen LogP contribution in [0.4, 0.5) is 5.69 Å². The predicted octanol–water partition coefficient (Wildman–Crippen LogP) is 2.14. The van der Waals surface area contributed by atoms with Crippen molar-refractivity contribution in [2.45, 2.75) is 27.3 Å². The van der Waals surface area contributed by atoms with Crippen LogP contribution in [0.15, 0.2) is 22.7 Å². The molecule has 0 radical (unpaired) electrons. The molecule has 6 heteroatoms. The lowest BCUT2D eigenvalue weighted by atomic mass is 10.1. The molecule has 1 aliphatic rings. The number of piperazine rings is 1. The monoisotopic (exact) mass is 328 g/mol. The van der Waals surface area contributed by atoms with Crippen LogP contribution in [-0.2, 0) is 6.54 Å². The number of carbonyl (C=O) groups excluding carboxylic acids is 1. The van der Waals surface area contributed by atoms with Gasteiger partial charge in [-0.25, -0.2) is 0 Å². The highest BCUT2D eigenvalue weighted by molar-refractivity contribution is 5.96. The number of nitrogens with zero attached hydrogens (tertiary/aromatic N) is 3. The van der Waals surface area contributed by atoms with Gasteiger partial charge in [-0.3, -0.25) is 9.69 Å². The molecule has 1 aliphatic heterocycles. The molecule has 0 aliphatic carbocycles. The molecule has 1 aromatic carbocycles. The van der Waals surface area contributed by atoms with Gasteiger partial charge in [-0.1, -0.05) is 11.2 Å². The Morgan fingerprint density at radius 3 is 2.54 bits per heavy atom. The molecule has 1 aromatic heterocycles. The number of rotatable bonds is 3. The first-order chi connectivity index (χ1) is 11.5. The molecule has 3 rings (SSSR count). The maximum Gasteiger partial charge on any atom is 0.254 e. The van der Waals surface area contributed by atoms with Crippen molar-refractivity contribution in [1.29, 1.82) is 0 Å². The fourth-order valence-electron chi connectivity index (χ4n) is 3.10. The lowest BCUT2D eigenvalue weighted by molar-refractivity contribution is 0.0627. The molecular weight excluding hydrogens is 304 g/mol. The zero-order valence-electron chi connectivity index (χ0n) is 14.5. The first-order valence-corrected chi connectivity index (χ1v) is 8.25. The summed E-state index contributed by atoms with van der Waals surface area (Å²) in [6, 6.07) is 5.50. The maximum absolute atomic E-state index is 12.7. The molecule has 128 valence electrons. The van der Waals surface area contributed by atoms with Gasteiger partial charge in [-0.15, -0.1) is 0 Å². The highest BCUT2D eigenvalue weighted by Crippen LogP contribution is 2.19. The summed E-state index contributed by atoms with van der Waals surface area (Å²) in [5, 5.41) is 4.00. The molecule has 0 unspecified atom stereocenters. The van der Waals surface area contributed by atoms with Crippen LogP contribution in [0.3, 0.4) is 0 Å². The number of benzene rings is 1. The SMILES string of the molecule is Cc1ccc(N)cc1C(=O)N1CCN(Cc2c(C)noc2C)CC1. The van der Waals surface area contributed by atoms with E-state index < -0.39 is 0 Å². The number of amides is 1. The minimum absolute atomic E-state index is 0.0665. The van der Waals surface area contributed by atoms with Gasteiger partial charge in [0.1, 0.15) is 5.76 Å². The van der Waals surface area contributed by atoms with Gasteiger partial charge in [0.15, 0.2) is 0 Å². The lowest BCUT2D eigenvalue weighted by Gasteiger charge is -2.35. The van der Waals surface area contributed by atoms with Crippen molar-refractivity contribution in [3.8, 4) is 0 Å². The smallest absolute Gasteiger partial charge is 0.254 e. The van der Waals surface area contributed by atoms with Crippen LogP contribution in [-0.4, -0.2) is 47.0 Å². The number of aryl methyl sites for hydroxylation is 3. The first kappa shape index (κ1) is 16.5. The second-order valence-corrected chi connectivity index (χ2v) is 6.45. The summed E-state index contributed by atoms with van der Waals surface area (Å²) in [6.45, 7) is 9.80. The first-order valence-electron chi connectivity index (χ1n) is 8.25. The highest BCUT2D eigenvalue weighted by Gasteiger charge is 2.24. The van der Waals surface area contributed by atoms with E-state index in [0.29, 0.717) is 11.3 Å². The van der Waals surface area contributed by atoms with Crippen LogP contribution in [0.25, 0.3) is 0 Å². The Morgan fingerprint density at radius 2 is 1.92 bits per heavy atom. The number of hydrogen-bond acceptors (Lipinski definition) is 5. The summed E-state index contributed by atoms with van der Waals surface area (Å²) >= 11 is 0. The third kappa shape index (κ3) is 3.28. The second kappa shape index (κ2) is 6.65. The van der Waals surface area contributed by atoms with E-state index in [1.165, 1.54) is 0 Å². The number of nitrogens with two attached hydrogens (primary N) is 1. The summed E-state index contributed by atoms with van der Waals surface area (Å²) in [7, 11) is 0. The van der Waals surface area contributed by atoms with Crippen molar-refractivity contribution >= 4 is 11.6 Å². The van der Waals surface area contributed by atoms with Gasteiger partial charge >= 0.3 is 0 Å². The average Bonchev–Trinajstić information content (AvgIpc) is 2.89. The quantitative estimate of drug-likeness (QED) is 0.874. The van der Waals surface area contributed by atoms with E-state index in [1.807, 2.05) is 37.8 Å². The van der Waals surface area contributed by atoms with E-state index in [2.05, 4.69) is 10.1 Å². The van der Waals surface area contributed by atoms with Crippen molar-refractivity contribution in [3.05, 3.63) is 46.3 Å². The number of carbonyl (C=O) groups is 1. The fourth-order valence-corrected chi connectivity index (χ4v) is 3.10. The van der Waals surface area contributed by atoms with Gasteiger partial charge in [0.05, 0.1) is 5.69 Å². The van der Waals surface area contributed by atoms with Crippen molar-refractivity contribution in [3.63, 3.8) is 0 Å². The number of hydrogen-bond donors (Lipinski definition) is 1. The van der Waals surface area contributed by atoms with E-state index in [1.54, 1.807) is 6.07 Å². The van der Waals surface area contributed by atoms with Crippen molar-refractivity contribution in [2.24, 2.45) is 0 Å². The summed E-state index contributed by atoms with van der Waals surface area (Å²) in [5.74, 6) is 0.943. The summed E-state index contributed by atoms with van der Waals surface area (Å²) in [6.07, 6.45) is 0. The number of aromatic nitrogens is 1. The topological polar surface area (TPSA) is 75.6 Å². The van der Waals surface area contributed by atoms with Crippen LogP contribution in [0.5, 0.6) is 0 Å². The molecule has 1 fully saturated rings. The van der Waals surface area contributed by atoms with Gasteiger partial charge < -0.3 is 15.2 Å². The molecule has 0 atom stereocenters. The Kier molecular flexibility index (Phi) is 4.57. The van der Waals surface area contributed by atoms with Crippen molar-refractivity contribution < 1.29 is 9.32 Å². The third-order valence-electron chi connectivity index (χ3n) is 4.71. The van der Waals surface area contributed by atoms with Gasteiger partial charge in [0.25, 0.3) is 5.91 Å². The minimum atomic E-state index is 0.0665. The van der Waals surface area contributed by atoms with Gasteiger partial charge in [-0.2, -0.15) is 0 Å². The molecule has 2 aromatic rings. The van der Waals surface area contributed by atoms with Gasteiger partial charge in [0.2, 0.25) is 0 Å². The maximum atomic E-state index is 12.7. The Morgan fingerprint density at radius 1 is 1.21 bits per heavy atom. The molecule has 0 spiro atoms. The lowest BCUT2D eigenvalue weighted by Crippen LogP contribution is -2.48. The molecule has 1 amide bonds. The Hall–Kier alpha value is -2.34. The molecule has 0 saturated carbocycles. The van der Waals surface area contributed by atoms with Crippen LogP contribution in [0, 0.1) is 20.8 Å². The predicted molar refractivity (Wildman–Crippen MR) is 92.7 cm³/mol. The van der Waals surface area contributed by atoms with Crippen LogP contribution >= 0.6 is 0 Å². The molecular formula is C18H24N4O2. The van der Waals surface area contributed by atoms with Crippen molar-refractivity contribution in [2.75, 3.05) is 31.9 Å². The molecule has 24 heavy (non-hydrogen) atoms. The summed E-state index contributed by atoms with van der Waals surface area (Å²) in [5.41, 5.74) is 10.2. The normalized spacial score (nSPS) is 15.7. The van der Waals surface area contributed by atoms with E-state index in [-0.39, 0.29) is 5.91 Å². The molecule has 0 bridgehead atoms. The van der Waals surface area contributed by atoms with Gasteiger partial charge in [-0.05, 0) is 38.5 Å². The molecule has 6 nitrogen and oxygen atoms in total. The number of anilines is 1. The minimum Gasteiger partial charge on any atom is -0.399 e. The Labute approximate surface area is 142 Å². The van der Waals surface area contributed by atoms with E-state index in [9.17, 15) is 4.79 Å². The zero-order chi connectivity index (χ0) is 17.3. The average molecular weight is 328 g/mol. The van der Waals surface area contributed by atoms with Crippen LogP contribution in [0.1, 0.15) is 32.9 Å². The number of nitrogen functional groups attached to an aromatic ring is 1. The Bertz CT molecular complexity index is 726.